The second kappa shape index (κ2) is 9.45. The van der Waals surface area contributed by atoms with E-state index >= 15 is 0 Å². The van der Waals surface area contributed by atoms with Crippen LogP contribution in [0.25, 0.3) is 22.3 Å². The fourth-order valence-electron chi connectivity index (χ4n) is 6.90. The van der Waals surface area contributed by atoms with Crippen molar-refractivity contribution in [1.29, 1.82) is 0 Å². The Kier molecular flexibility index (Phi) is 6.55. The van der Waals surface area contributed by atoms with Gasteiger partial charge >= 0.3 is 0 Å². The summed E-state index contributed by atoms with van der Waals surface area (Å²) in [5, 5.41) is 0. The summed E-state index contributed by atoms with van der Waals surface area (Å²) >= 11 is 7.54. The van der Waals surface area contributed by atoms with Gasteiger partial charge in [-0.25, -0.2) is 0 Å². The van der Waals surface area contributed by atoms with Crippen molar-refractivity contribution >= 4 is 31.9 Å². The predicted octanol–water partition coefficient (Wildman–Crippen LogP) is 11.8. The number of rotatable bonds is 3. The summed E-state index contributed by atoms with van der Waals surface area (Å²) in [6.07, 6.45) is 1.12. The van der Waals surface area contributed by atoms with E-state index in [4.69, 9.17) is 0 Å². The first-order valence-corrected chi connectivity index (χ1v) is 15.8. The maximum atomic E-state index is 3.77. The molecule has 0 saturated heterocycles. The lowest BCUT2D eigenvalue weighted by atomic mass is 9.77. The zero-order chi connectivity index (χ0) is 27.9. The number of hydrogen-bond donors (Lipinski definition) is 0. The molecule has 0 amide bonds. The fourth-order valence-corrected chi connectivity index (χ4v) is 7.66. The minimum Gasteiger partial charge on any atom is -0.0616 e. The molecule has 0 spiro atoms. The monoisotopic (exact) mass is 640 g/mol. The summed E-state index contributed by atoms with van der Waals surface area (Å²) in [5.74, 6) is 1.25. The van der Waals surface area contributed by atoms with Crippen LogP contribution in [0.2, 0.25) is 0 Å². The molecule has 2 aliphatic rings. The van der Waals surface area contributed by atoms with Gasteiger partial charge in [-0.15, -0.1) is 0 Å². The van der Waals surface area contributed by atoms with E-state index in [0.29, 0.717) is 17.8 Å². The van der Waals surface area contributed by atoms with Crippen molar-refractivity contribution in [3.8, 4) is 22.3 Å². The van der Waals surface area contributed by atoms with E-state index in [9.17, 15) is 0 Å². The Morgan fingerprint density at radius 2 is 1.00 bits per heavy atom. The van der Waals surface area contributed by atoms with Crippen LogP contribution in [0.5, 0.6) is 0 Å². The second-order valence-electron chi connectivity index (χ2n) is 13.8. The van der Waals surface area contributed by atoms with Crippen LogP contribution in [0.3, 0.4) is 0 Å². The molecule has 0 N–H and O–H groups in total. The first kappa shape index (κ1) is 27.0. The molecular formula is C37H38Br2. The van der Waals surface area contributed by atoms with Crippen molar-refractivity contribution in [2.45, 2.75) is 77.6 Å². The van der Waals surface area contributed by atoms with E-state index in [0.717, 1.165) is 15.4 Å². The smallest absolute Gasteiger partial charge is 0.0178 e. The Balaban J connectivity index is 1.46. The molecule has 6 rings (SSSR count). The molecule has 200 valence electrons. The van der Waals surface area contributed by atoms with Gasteiger partial charge < -0.3 is 0 Å². The average molecular weight is 643 g/mol. The summed E-state index contributed by atoms with van der Waals surface area (Å²) in [6.45, 7) is 16.4. The van der Waals surface area contributed by atoms with Crippen LogP contribution in [-0.2, 0) is 10.8 Å². The van der Waals surface area contributed by atoms with E-state index in [2.05, 4.69) is 153 Å². The zero-order valence-electron chi connectivity index (χ0n) is 24.1. The van der Waals surface area contributed by atoms with Gasteiger partial charge in [0.05, 0.1) is 0 Å². The van der Waals surface area contributed by atoms with Gasteiger partial charge in [-0.05, 0) is 103 Å². The summed E-state index contributed by atoms with van der Waals surface area (Å²) < 4.78 is 2.32. The molecule has 4 aromatic carbocycles. The van der Waals surface area contributed by atoms with E-state index in [-0.39, 0.29) is 10.8 Å². The first-order chi connectivity index (χ1) is 18.3. The lowest BCUT2D eigenvalue weighted by Crippen LogP contribution is -2.14. The highest BCUT2D eigenvalue weighted by molar-refractivity contribution is 9.10. The van der Waals surface area contributed by atoms with Crippen molar-refractivity contribution in [2.75, 3.05) is 0 Å². The molecular weight excluding hydrogens is 604 g/mol. The minimum absolute atomic E-state index is 0.125. The molecule has 0 aromatic heterocycles. The van der Waals surface area contributed by atoms with E-state index in [1.54, 1.807) is 0 Å². The highest BCUT2D eigenvalue weighted by Gasteiger charge is 2.37. The molecule has 0 fully saturated rings. The molecule has 0 aliphatic heterocycles. The molecule has 1 atom stereocenters. The van der Waals surface area contributed by atoms with Gasteiger partial charge in [0, 0.05) is 20.8 Å². The van der Waals surface area contributed by atoms with Gasteiger partial charge in [0.2, 0.25) is 0 Å². The molecule has 2 aliphatic carbocycles. The third-order valence-corrected chi connectivity index (χ3v) is 10.0. The Morgan fingerprint density at radius 1 is 0.564 bits per heavy atom. The number of hydrogen-bond acceptors (Lipinski definition) is 0. The van der Waals surface area contributed by atoms with Crippen molar-refractivity contribution in [2.24, 2.45) is 5.92 Å². The highest BCUT2D eigenvalue weighted by Crippen LogP contribution is 2.55. The first-order valence-electron chi connectivity index (χ1n) is 14.2. The zero-order valence-corrected chi connectivity index (χ0v) is 27.3. The predicted molar refractivity (Wildman–Crippen MR) is 174 cm³/mol. The topological polar surface area (TPSA) is 0 Å². The van der Waals surface area contributed by atoms with Gasteiger partial charge in [-0.1, -0.05) is 129 Å². The van der Waals surface area contributed by atoms with Crippen LogP contribution >= 0.6 is 31.9 Å². The molecule has 0 heterocycles. The summed E-state index contributed by atoms with van der Waals surface area (Å²) in [5.41, 5.74) is 14.6. The van der Waals surface area contributed by atoms with Crippen LogP contribution in [0.15, 0.2) is 81.7 Å². The SMILES string of the molecule is CC(CC1c2ccc(C(C)(C)C)cc2-c2cc(C(C)(C)C)ccc21)C1c2cc(Br)ccc2-c2ccc(Br)cc21. The Bertz CT molecular complexity index is 1480. The molecule has 39 heavy (non-hydrogen) atoms. The average Bonchev–Trinajstić information content (AvgIpc) is 3.33. The number of benzene rings is 4. The molecule has 1 unspecified atom stereocenters. The van der Waals surface area contributed by atoms with Crippen LogP contribution in [-0.4, -0.2) is 0 Å². The Hall–Kier alpha value is -2.16. The Morgan fingerprint density at radius 3 is 1.41 bits per heavy atom. The lowest BCUT2D eigenvalue weighted by molar-refractivity contribution is 0.456. The second-order valence-corrected chi connectivity index (χ2v) is 15.6. The van der Waals surface area contributed by atoms with Gasteiger partial charge in [-0.2, -0.15) is 0 Å². The Labute approximate surface area is 251 Å². The largest absolute Gasteiger partial charge is 0.0616 e. The molecule has 4 aromatic rings. The van der Waals surface area contributed by atoms with Crippen LogP contribution in [0.4, 0.5) is 0 Å². The van der Waals surface area contributed by atoms with Gasteiger partial charge in [0.15, 0.2) is 0 Å². The van der Waals surface area contributed by atoms with E-state index in [1.807, 2.05) is 0 Å². The van der Waals surface area contributed by atoms with Crippen molar-refractivity contribution in [1.82, 2.24) is 0 Å². The summed E-state index contributed by atoms with van der Waals surface area (Å²) in [7, 11) is 0. The van der Waals surface area contributed by atoms with Crippen LogP contribution in [0, 0.1) is 5.92 Å². The van der Waals surface area contributed by atoms with Crippen LogP contribution < -0.4 is 0 Å². The summed E-state index contributed by atoms with van der Waals surface area (Å²) in [4.78, 5) is 0. The third-order valence-electron chi connectivity index (χ3n) is 9.04. The minimum atomic E-state index is 0.125. The molecule has 0 saturated carbocycles. The van der Waals surface area contributed by atoms with E-state index < -0.39 is 0 Å². The molecule has 0 bridgehead atoms. The maximum absolute atomic E-state index is 3.77. The third kappa shape index (κ3) is 4.66. The van der Waals surface area contributed by atoms with Gasteiger partial charge in [-0.3, -0.25) is 0 Å². The lowest BCUT2D eigenvalue weighted by Gasteiger charge is -2.27. The van der Waals surface area contributed by atoms with E-state index in [1.165, 1.54) is 55.6 Å². The molecule has 0 radical (unpaired) electrons. The fraction of sp³-hybridized carbons (Fsp3) is 0.351. The van der Waals surface area contributed by atoms with Gasteiger partial charge in [0.1, 0.15) is 0 Å². The van der Waals surface area contributed by atoms with Crippen LogP contribution in [0.1, 0.15) is 100 Å². The standard InChI is InChI=1S/C37H38Br2/c1-21(35-33-19-24(38)10-14-26(33)27-15-11-25(39)20-34(27)35)16-30-28-12-8-22(36(2,3)4)17-31(28)32-18-23(37(5,6)7)9-13-29(30)32/h8-15,17-21,30,35H,16H2,1-7H3. The number of halogens is 2. The quantitative estimate of drug-likeness (QED) is 0.209. The normalized spacial score (nSPS) is 15.6. The van der Waals surface area contributed by atoms with Crippen molar-refractivity contribution in [3.63, 3.8) is 0 Å². The van der Waals surface area contributed by atoms with Gasteiger partial charge in [0.25, 0.3) is 0 Å². The van der Waals surface area contributed by atoms with Crippen molar-refractivity contribution in [3.05, 3.63) is 115 Å². The summed E-state index contributed by atoms with van der Waals surface area (Å²) in [6, 6.07) is 28.3. The highest BCUT2D eigenvalue weighted by atomic mass is 79.9. The molecule has 0 nitrogen and oxygen atoms in total. The molecule has 2 heteroatoms. The number of fused-ring (bicyclic) bond motifs is 6. The van der Waals surface area contributed by atoms with Crippen molar-refractivity contribution < 1.29 is 0 Å². The maximum Gasteiger partial charge on any atom is 0.0178 e.